The number of hydrogen-bond acceptors (Lipinski definition) is 4. The molecule has 0 saturated heterocycles. The van der Waals surface area contributed by atoms with Gasteiger partial charge in [-0.3, -0.25) is 0 Å². The molecule has 0 fully saturated rings. The van der Waals surface area contributed by atoms with Gasteiger partial charge < -0.3 is 4.42 Å². The van der Waals surface area contributed by atoms with E-state index in [4.69, 9.17) is 58.6 Å². The molecule has 0 bridgehead atoms. The van der Waals surface area contributed by atoms with Crippen molar-refractivity contribution in [2.45, 2.75) is 0 Å². The Hall–Kier alpha value is -6.33. The van der Waals surface area contributed by atoms with Crippen molar-refractivity contribution in [2.75, 3.05) is 0 Å². The Morgan fingerprint density at radius 2 is 0.722 bits per heavy atom. The number of nitrogens with zero attached hydrogens (tertiary/aromatic N) is 3. The van der Waals surface area contributed by atoms with Crippen LogP contribution in [0.15, 0.2) is 150 Å². The van der Waals surface area contributed by atoms with E-state index in [0.717, 1.165) is 60.9 Å². The lowest BCUT2D eigenvalue weighted by Crippen LogP contribution is -2.55. The van der Waals surface area contributed by atoms with Gasteiger partial charge >= 0.3 is 0 Å². The van der Waals surface area contributed by atoms with Crippen LogP contribution in [0.1, 0.15) is 0 Å². The largest absolute Gasteiger partial charge is 0.455 e. The maximum absolute atomic E-state index is 6.78. The van der Waals surface area contributed by atoms with E-state index in [1.54, 1.807) is 0 Å². The average molecular weight is 677 g/mol. The predicted octanol–water partition coefficient (Wildman–Crippen LogP) is 5.74. The highest BCUT2D eigenvalue weighted by Crippen LogP contribution is 2.40. The Balaban J connectivity index is 1.09. The maximum atomic E-state index is 6.78. The van der Waals surface area contributed by atoms with Crippen molar-refractivity contribution in [3.05, 3.63) is 146 Å². The first kappa shape index (κ1) is 33.5. The van der Waals surface area contributed by atoms with E-state index < -0.39 is 0 Å². The quantitative estimate of drug-likeness (QED) is 0.211. The molecule has 0 atom stereocenters. The van der Waals surface area contributed by atoms with Gasteiger partial charge in [-0.05, 0) is 33.9 Å². The first-order chi connectivity index (χ1) is 26.4. The molecule has 0 saturated carbocycles. The lowest BCUT2D eigenvalue weighted by molar-refractivity contribution is 0.670. The zero-order chi connectivity index (χ0) is 36.9. The van der Waals surface area contributed by atoms with Crippen LogP contribution in [-0.4, -0.2) is 54.2 Å². The van der Waals surface area contributed by atoms with Crippen LogP contribution in [0.3, 0.4) is 0 Å². The molecule has 0 aliphatic heterocycles. The SMILES string of the molecule is [B]c1c([B])c([B])c(-c2ccc(-c3ccc(-c4cccc5c4oc4c(-c6nc(-c7ccccc7)nc(-c7ccccc7)n6)cccc45)cc3)cc2)c([B])c1[B]. The Morgan fingerprint density at radius 1 is 0.315 bits per heavy atom. The Labute approximate surface area is 319 Å². The van der Waals surface area contributed by atoms with Crippen molar-refractivity contribution in [3.8, 4) is 67.5 Å². The standard InChI is InChI=1S/C45H24B5N3O/c46-36-35(37(47)39(49)40(50)38(36)48)28-23-19-26(20-24-28)25-17-21-27(22-18-25)31-13-7-14-32-33-15-8-16-34(42(33)54-41(31)32)45-52-43(29-9-3-1-4-10-29)51-44(53-45)30-11-5-2-6-12-30/h1-24H. The summed E-state index contributed by atoms with van der Waals surface area (Å²) in [6, 6.07) is 48.6. The summed E-state index contributed by atoms with van der Waals surface area (Å²) in [6.45, 7) is 0. The molecule has 4 nitrogen and oxygen atoms in total. The van der Waals surface area contributed by atoms with Gasteiger partial charge in [0.25, 0.3) is 0 Å². The fourth-order valence-electron chi connectivity index (χ4n) is 6.98. The smallest absolute Gasteiger partial charge is 0.167 e. The van der Waals surface area contributed by atoms with Gasteiger partial charge in [0.05, 0.1) is 5.56 Å². The normalized spacial score (nSPS) is 11.3. The molecule has 10 radical (unpaired) electrons. The van der Waals surface area contributed by atoms with Crippen LogP contribution in [0.2, 0.25) is 0 Å². The van der Waals surface area contributed by atoms with Gasteiger partial charge in [0.1, 0.15) is 50.4 Å². The van der Waals surface area contributed by atoms with E-state index in [1.807, 2.05) is 97.1 Å². The van der Waals surface area contributed by atoms with E-state index in [0.29, 0.717) is 39.5 Å². The van der Waals surface area contributed by atoms with E-state index in [2.05, 4.69) is 48.5 Å². The number of fused-ring (bicyclic) bond motifs is 3. The fraction of sp³-hybridized carbons (Fsp3) is 0. The molecular formula is C45H24B5N3O. The van der Waals surface area contributed by atoms with Gasteiger partial charge in [-0.1, -0.05) is 150 Å². The van der Waals surface area contributed by atoms with Gasteiger partial charge in [0, 0.05) is 27.5 Å². The lowest BCUT2D eigenvalue weighted by atomic mass is 9.59. The molecule has 7 aromatic carbocycles. The van der Waals surface area contributed by atoms with E-state index >= 15 is 0 Å². The van der Waals surface area contributed by atoms with Crippen LogP contribution in [0.25, 0.3) is 89.5 Å². The third-order valence-electron chi connectivity index (χ3n) is 9.87. The number of para-hydroxylation sites is 2. The molecule has 0 spiro atoms. The molecule has 0 amide bonds. The van der Waals surface area contributed by atoms with Gasteiger partial charge in [-0.25, -0.2) is 15.0 Å². The highest BCUT2D eigenvalue weighted by Gasteiger charge is 2.19. The third kappa shape index (κ3) is 5.77. The van der Waals surface area contributed by atoms with Gasteiger partial charge in [-0.2, -0.15) is 0 Å². The summed E-state index contributed by atoms with van der Waals surface area (Å²) >= 11 is 0. The predicted molar refractivity (Wildman–Crippen MR) is 227 cm³/mol. The molecule has 54 heavy (non-hydrogen) atoms. The van der Waals surface area contributed by atoms with Crippen molar-refractivity contribution in [1.82, 2.24) is 15.0 Å². The van der Waals surface area contributed by atoms with Gasteiger partial charge in [0.15, 0.2) is 17.5 Å². The monoisotopic (exact) mass is 677 g/mol. The molecular weight excluding hydrogens is 653 g/mol. The summed E-state index contributed by atoms with van der Waals surface area (Å²) in [6.07, 6.45) is 0. The Kier molecular flexibility index (Phi) is 8.43. The molecule has 240 valence electrons. The molecule has 9 rings (SSSR count). The average Bonchev–Trinajstić information content (AvgIpc) is 3.62. The molecule has 0 N–H and O–H groups in total. The maximum Gasteiger partial charge on any atom is 0.167 e. The second-order valence-corrected chi connectivity index (χ2v) is 13.1. The van der Waals surface area contributed by atoms with Crippen LogP contribution in [0, 0.1) is 0 Å². The van der Waals surface area contributed by atoms with Crippen molar-refractivity contribution >= 4 is 88.5 Å². The molecule has 2 aromatic heterocycles. The van der Waals surface area contributed by atoms with Crippen LogP contribution < -0.4 is 27.3 Å². The van der Waals surface area contributed by atoms with Crippen LogP contribution in [0.5, 0.6) is 0 Å². The number of rotatable bonds is 6. The summed E-state index contributed by atoms with van der Waals surface area (Å²) in [5.41, 5.74) is 10.8. The summed E-state index contributed by atoms with van der Waals surface area (Å²) < 4.78 is 6.78. The van der Waals surface area contributed by atoms with Crippen molar-refractivity contribution in [2.24, 2.45) is 0 Å². The summed E-state index contributed by atoms with van der Waals surface area (Å²) in [4.78, 5) is 14.8. The van der Waals surface area contributed by atoms with Crippen LogP contribution >= 0.6 is 0 Å². The first-order valence-electron chi connectivity index (χ1n) is 17.4. The van der Waals surface area contributed by atoms with Crippen LogP contribution in [0.4, 0.5) is 0 Å². The number of furan rings is 1. The number of aromatic nitrogens is 3. The second kappa shape index (κ2) is 13.6. The molecule has 0 unspecified atom stereocenters. The van der Waals surface area contributed by atoms with Gasteiger partial charge in [-0.15, -0.1) is 16.4 Å². The van der Waals surface area contributed by atoms with Crippen LogP contribution in [-0.2, 0) is 0 Å². The van der Waals surface area contributed by atoms with Crippen molar-refractivity contribution < 1.29 is 4.42 Å². The minimum absolute atomic E-state index is 0.196. The fourth-order valence-corrected chi connectivity index (χ4v) is 6.98. The molecule has 0 aliphatic carbocycles. The molecule has 9 aromatic rings. The van der Waals surface area contributed by atoms with E-state index in [1.165, 1.54) is 0 Å². The van der Waals surface area contributed by atoms with E-state index in [9.17, 15) is 0 Å². The Morgan fingerprint density at radius 3 is 1.24 bits per heavy atom. The molecule has 2 heterocycles. The van der Waals surface area contributed by atoms with Crippen molar-refractivity contribution in [1.29, 1.82) is 0 Å². The lowest BCUT2D eigenvalue weighted by Gasteiger charge is -2.21. The number of benzene rings is 7. The zero-order valence-corrected chi connectivity index (χ0v) is 29.0. The zero-order valence-electron chi connectivity index (χ0n) is 29.0. The van der Waals surface area contributed by atoms with E-state index in [-0.39, 0.29) is 16.4 Å². The van der Waals surface area contributed by atoms with Gasteiger partial charge in [0.2, 0.25) is 0 Å². The first-order valence-corrected chi connectivity index (χ1v) is 17.4. The second-order valence-electron chi connectivity index (χ2n) is 13.1. The highest BCUT2D eigenvalue weighted by atomic mass is 16.3. The Bertz CT molecular complexity index is 2770. The summed E-state index contributed by atoms with van der Waals surface area (Å²) in [5.74, 6) is 1.73. The summed E-state index contributed by atoms with van der Waals surface area (Å²) in [5, 5.41) is 1.99. The third-order valence-corrected chi connectivity index (χ3v) is 9.87. The summed E-state index contributed by atoms with van der Waals surface area (Å²) in [7, 11) is 30.8. The molecule has 9 heteroatoms. The number of hydrogen-bond donors (Lipinski definition) is 0. The minimum atomic E-state index is 0.196. The molecule has 0 aliphatic rings. The topological polar surface area (TPSA) is 51.8 Å². The highest BCUT2D eigenvalue weighted by molar-refractivity contribution is 6.68. The van der Waals surface area contributed by atoms with Crippen molar-refractivity contribution in [3.63, 3.8) is 0 Å². The minimum Gasteiger partial charge on any atom is -0.455 e.